The molecule has 0 spiro atoms. The second kappa shape index (κ2) is 33.5. The SMILES string of the molecule is c1ccc(-c2ccc(-c3ccc(N(c4ccc(-c5cc6ccccc6c6c(-c7ccc8oc9c(-c%10ccc(N(c%11ccc(-c%12ccc(-c%13ccccc%13)cc%12-n%12c%13ccccc%13c%13ccccc%13%12)cc%11)c%11ccccc%11-c%11ccc%12c(ccc%13ccccc%13%12)c%11)cc%10)cccc9c8c7)cccc56)cc4)c4ccc(-c5cccc6c5oc5ccccc56)cc4)cc3)c(-n3c4ccccc4c4ccccc43)c2)cc1. The third-order valence-electron chi connectivity index (χ3n) is 29.3. The van der Waals surface area contributed by atoms with Gasteiger partial charge in [0.25, 0.3) is 0 Å². The molecule has 6 nitrogen and oxygen atoms in total. The zero-order chi connectivity index (χ0) is 93.4. The summed E-state index contributed by atoms with van der Waals surface area (Å²) in [6.07, 6.45) is 0. The highest BCUT2D eigenvalue weighted by Gasteiger charge is 2.27. The van der Waals surface area contributed by atoms with Crippen molar-refractivity contribution in [3.8, 4) is 112 Å². The lowest BCUT2D eigenvalue weighted by molar-refractivity contribution is 0.669. The number of furan rings is 2. The largest absolute Gasteiger partial charge is 0.455 e. The first-order valence-electron chi connectivity index (χ1n) is 48.7. The van der Waals surface area contributed by atoms with Gasteiger partial charge in [0.05, 0.1) is 39.1 Å². The molecule has 662 valence electrons. The Morgan fingerprint density at radius 3 is 1.03 bits per heavy atom. The molecule has 28 aromatic rings. The molecule has 0 bridgehead atoms. The van der Waals surface area contributed by atoms with E-state index in [0.717, 1.165) is 189 Å². The predicted octanol–water partition coefficient (Wildman–Crippen LogP) is 38.2. The van der Waals surface area contributed by atoms with Gasteiger partial charge >= 0.3 is 0 Å². The fraction of sp³-hybridized carbons (Fsp3) is 0. The van der Waals surface area contributed by atoms with Crippen molar-refractivity contribution in [3.05, 3.63) is 522 Å². The summed E-state index contributed by atoms with van der Waals surface area (Å²) in [5.41, 5.74) is 36.6. The summed E-state index contributed by atoms with van der Waals surface area (Å²) in [5, 5.41) is 18.8. The average Bonchev–Trinajstić information content (AvgIpc) is 1.58. The maximum Gasteiger partial charge on any atom is 0.143 e. The van der Waals surface area contributed by atoms with Gasteiger partial charge in [-0.15, -0.1) is 0 Å². The molecule has 0 saturated heterocycles. The number of para-hydroxylation sites is 8. The summed E-state index contributed by atoms with van der Waals surface area (Å²) in [7, 11) is 0. The second-order valence-electron chi connectivity index (χ2n) is 37.2. The van der Waals surface area contributed by atoms with Crippen LogP contribution in [0.3, 0.4) is 0 Å². The third kappa shape index (κ3) is 13.6. The summed E-state index contributed by atoms with van der Waals surface area (Å²) in [4.78, 5) is 4.81. The summed E-state index contributed by atoms with van der Waals surface area (Å²) in [6.45, 7) is 0. The Bertz CT molecular complexity index is 9790. The van der Waals surface area contributed by atoms with Crippen molar-refractivity contribution in [2.45, 2.75) is 0 Å². The van der Waals surface area contributed by atoms with Crippen molar-refractivity contribution in [3.63, 3.8) is 0 Å². The predicted molar refractivity (Wildman–Crippen MR) is 598 cm³/mol. The van der Waals surface area contributed by atoms with Gasteiger partial charge in [-0.3, -0.25) is 0 Å². The van der Waals surface area contributed by atoms with Gasteiger partial charge in [0.2, 0.25) is 0 Å². The molecule has 0 aliphatic rings. The summed E-state index contributed by atoms with van der Waals surface area (Å²) in [5.74, 6) is 0. The standard InChI is InChI=1S/C136H86N4O2/c1-3-26-87(27-4-1)95-64-79-109(130(85-95)139-126-47-18-12-35-115(126)116-36-13-19-48-127(116)139)90-54-68-101(69-55-90)137(102-70-58-92(59-71-102)113-41-24-44-121-119-39-16-22-51-132(119)141-135(113)121)103-72-62-94(63-73-103)123-83-97-31-8-10-34-111(97)134-112(40-23-43-120(123)134)100-67-81-133-124(84-100)122-45-25-42-114(136(122)142-133)93-60-76-105(77-61-93)138(125-46-17-11-33-108(125)99-66-78-107-98(82-99)53-52-89-30-7-9-32-106(89)107)104-74-56-91(57-75-104)110-80-65-96(88-28-5-2-6-29-88)86-131(110)140-128-49-20-14-37-117(128)118-38-15-21-50-129(118)140/h1-86H. The van der Waals surface area contributed by atoms with Crippen LogP contribution in [0.5, 0.6) is 0 Å². The molecule has 0 radical (unpaired) electrons. The van der Waals surface area contributed by atoms with Crippen LogP contribution in [-0.4, -0.2) is 9.13 Å². The Balaban J connectivity index is 0.529. The molecule has 0 saturated carbocycles. The van der Waals surface area contributed by atoms with Crippen molar-refractivity contribution in [2.24, 2.45) is 0 Å². The van der Waals surface area contributed by atoms with Gasteiger partial charge in [0.15, 0.2) is 0 Å². The average molecular weight is 1810 g/mol. The van der Waals surface area contributed by atoms with Crippen LogP contribution in [0.25, 0.3) is 242 Å². The third-order valence-corrected chi connectivity index (χ3v) is 29.3. The van der Waals surface area contributed by atoms with Crippen LogP contribution >= 0.6 is 0 Å². The van der Waals surface area contributed by atoms with Crippen molar-refractivity contribution in [1.82, 2.24) is 9.13 Å². The van der Waals surface area contributed by atoms with Crippen LogP contribution in [0.15, 0.2) is 531 Å². The van der Waals surface area contributed by atoms with Gasteiger partial charge in [-0.1, -0.05) is 388 Å². The highest BCUT2D eigenvalue weighted by molar-refractivity contribution is 6.21. The highest BCUT2D eigenvalue weighted by Crippen LogP contribution is 2.51. The first-order chi connectivity index (χ1) is 70.4. The van der Waals surface area contributed by atoms with Gasteiger partial charge in [-0.2, -0.15) is 0 Å². The fourth-order valence-electron chi connectivity index (χ4n) is 22.6. The Kier molecular flexibility index (Phi) is 19.2. The maximum absolute atomic E-state index is 7.14. The van der Waals surface area contributed by atoms with E-state index >= 15 is 0 Å². The van der Waals surface area contributed by atoms with Crippen molar-refractivity contribution in [2.75, 3.05) is 9.80 Å². The zero-order valence-corrected chi connectivity index (χ0v) is 77.3. The lowest BCUT2D eigenvalue weighted by Crippen LogP contribution is -2.11. The zero-order valence-electron chi connectivity index (χ0n) is 77.3. The summed E-state index contributed by atoms with van der Waals surface area (Å²) in [6, 6.07) is 191. The topological polar surface area (TPSA) is 42.6 Å². The lowest BCUT2D eigenvalue weighted by Gasteiger charge is -2.28. The van der Waals surface area contributed by atoms with E-state index in [-0.39, 0.29) is 0 Å². The monoisotopic (exact) mass is 1810 g/mol. The van der Waals surface area contributed by atoms with Crippen LogP contribution in [0.2, 0.25) is 0 Å². The molecule has 0 aliphatic carbocycles. The molecule has 0 atom stereocenters. The van der Waals surface area contributed by atoms with Crippen LogP contribution in [0.1, 0.15) is 0 Å². The Hall–Kier alpha value is -18.9. The van der Waals surface area contributed by atoms with Crippen molar-refractivity contribution >= 4 is 165 Å². The molecule has 0 amide bonds. The second-order valence-corrected chi connectivity index (χ2v) is 37.2. The molecule has 4 aromatic heterocycles. The molecule has 4 heterocycles. The number of nitrogens with zero attached hydrogens (tertiary/aromatic N) is 4. The van der Waals surface area contributed by atoms with E-state index in [2.05, 4.69) is 535 Å². The Morgan fingerprint density at radius 2 is 0.500 bits per heavy atom. The first kappa shape index (κ1) is 81.5. The van der Waals surface area contributed by atoms with Gasteiger partial charge in [0, 0.05) is 99.3 Å². The molecule has 0 unspecified atom stereocenters. The normalized spacial score (nSPS) is 11.8. The Labute approximate surface area is 819 Å². The number of hydrogen-bond acceptors (Lipinski definition) is 4. The molecule has 0 aliphatic heterocycles. The van der Waals surface area contributed by atoms with E-state index in [4.69, 9.17) is 8.83 Å². The van der Waals surface area contributed by atoms with E-state index in [9.17, 15) is 0 Å². The first-order valence-corrected chi connectivity index (χ1v) is 48.7. The molecular weight excluding hydrogens is 1720 g/mol. The molecule has 24 aromatic carbocycles. The fourth-order valence-corrected chi connectivity index (χ4v) is 22.6. The van der Waals surface area contributed by atoms with Gasteiger partial charge in [0.1, 0.15) is 22.3 Å². The number of fused-ring (bicyclic) bond motifs is 18. The van der Waals surface area contributed by atoms with Crippen LogP contribution < -0.4 is 9.80 Å². The van der Waals surface area contributed by atoms with E-state index in [1.54, 1.807) is 0 Å². The number of anilines is 6. The van der Waals surface area contributed by atoms with Gasteiger partial charge in [-0.25, -0.2) is 0 Å². The minimum atomic E-state index is 0.829. The van der Waals surface area contributed by atoms with E-state index in [1.165, 1.54) is 86.8 Å². The summed E-state index contributed by atoms with van der Waals surface area (Å²) < 4.78 is 18.7. The molecule has 6 heteroatoms. The molecule has 0 N–H and O–H groups in total. The van der Waals surface area contributed by atoms with Crippen molar-refractivity contribution in [1.29, 1.82) is 0 Å². The lowest BCUT2D eigenvalue weighted by atomic mass is 9.88. The number of aromatic nitrogens is 2. The Morgan fingerprint density at radius 1 is 0.155 bits per heavy atom. The molecule has 0 fully saturated rings. The number of hydrogen-bond donors (Lipinski definition) is 0. The van der Waals surface area contributed by atoms with Crippen LogP contribution in [-0.2, 0) is 0 Å². The number of rotatable bonds is 17. The van der Waals surface area contributed by atoms with E-state index < -0.39 is 0 Å². The summed E-state index contributed by atoms with van der Waals surface area (Å²) >= 11 is 0. The van der Waals surface area contributed by atoms with E-state index in [0.29, 0.717) is 0 Å². The molecular formula is C136H86N4O2. The minimum Gasteiger partial charge on any atom is -0.455 e. The molecule has 142 heavy (non-hydrogen) atoms. The van der Waals surface area contributed by atoms with Crippen molar-refractivity contribution < 1.29 is 8.83 Å². The van der Waals surface area contributed by atoms with Gasteiger partial charge in [-0.05, 0) is 249 Å². The maximum atomic E-state index is 7.14. The quantitative estimate of drug-likeness (QED) is 0.0852. The highest BCUT2D eigenvalue weighted by atomic mass is 16.3. The minimum absolute atomic E-state index is 0.829. The van der Waals surface area contributed by atoms with Gasteiger partial charge < -0.3 is 27.8 Å². The van der Waals surface area contributed by atoms with E-state index in [1.807, 2.05) is 6.07 Å². The van der Waals surface area contributed by atoms with Crippen LogP contribution in [0.4, 0.5) is 34.1 Å². The molecule has 28 rings (SSSR count). The number of benzene rings is 24. The van der Waals surface area contributed by atoms with Crippen LogP contribution in [0, 0.1) is 0 Å². The smallest absolute Gasteiger partial charge is 0.143 e.